The standard InChI is InChI=1S/C19H18O5/c20-12-1-13-24-17-9-7-16(8-10-17)19(23)15-5-2-14(3-6-15)4-11-18(21)22/h2-11,20H,1,12-13H2,(H,21,22). The maximum Gasteiger partial charge on any atom is 0.328 e. The molecule has 0 aromatic heterocycles. The molecule has 0 amide bonds. The molecule has 124 valence electrons. The number of aliphatic carboxylic acids is 1. The summed E-state index contributed by atoms with van der Waals surface area (Å²) in [5.74, 6) is -0.490. The van der Waals surface area contributed by atoms with Gasteiger partial charge in [0, 0.05) is 30.2 Å². The summed E-state index contributed by atoms with van der Waals surface area (Å²) < 4.78 is 5.42. The number of carboxylic acid groups (broad SMARTS) is 1. The Bertz CT molecular complexity index is 714. The smallest absolute Gasteiger partial charge is 0.328 e. The number of benzene rings is 2. The average Bonchev–Trinajstić information content (AvgIpc) is 2.60. The number of aliphatic hydroxyl groups excluding tert-OH is 1. The topological polar surface area (TPSA) is 83.8 Å². The van der Waals surface area contributed by atoms with Gasteiger partial charge < -0.3 is 14.9 Å². The molecule has 5 heteroatoms. The predicted octanol–water partition coefficient (Wildman–Crippen LogP) is 2.78. The highest BCUT2D eigenvalue weighted by Gasteiger charge is 2.09. The minimum absolute atomic E-state index is 0.0776. The van der Waals surface area contributed by atoms with Crippen LogP contribution in [-0.4, -0.2) is 35.2 Å². The van der Waals surface area contributed by atoms with Crippen molar-refractivity contribution in [1.82, 2.24) is 0 Å². The van der Waals surface area contributed by atoms with Gasteiger partial charge in [-0.15, -0.1) is 0 Å². The molecular formula is C19H18O5. The molecule has 0 bridgehead atoms. The molecule has 0 unspecified atom stereocenters. The maximum atomic E-state index is 12.4. The van der Waals surface area contributed by atoms with Crippen molar-refractivity contribution in [3.8, 4) is 5.75 Å². The summed E-state index contributed by atoms with van der Waals surface area (Å²) in [4.78, 5) is 22.9. The minimum Gasteiger partial charge on any atom is -0.494 e. The molecule has 0 radical (unpaired) electrons. The van der Waals surface area contributed by atoms with E-state index in [1.165, 1.54) is 6.08 Å². The molecule has 0 saturated heterocycles. The third kappa shape index (κ3) is 5.07. The van der Waals surface area contributed by atoms with Gasteiger partial charge in [0.05, 0.1) is 6.61 Å². The molecule has 0 fully saturated rings. The van der Waals surface area contributed by atoms with Crippen LogP contribution >= 0.6 is 0 Å². The quantitative estimate of drug-likeness (QED) is 0.443. The van der Waals surface area contributed by atoms with E-state index in [0.717, 1.165) is 6.08 Å². The van der Waals surface area contributed by atoms with Crippen molar-refractivity contribution >= 4 is 17.8 Å². The minimum atomic E-state index is -1.02. The lowest BCUT2D eigenvalue weighted by Gasteiger charge is -2.06. The number of ketones is 1. The zero-order valence-electron chi connectivity index (χ0n) is 13.0. The Hall–Kier alpha value is -2.92. The first-order valence-corrected chi connectivity index (χ1v) is 7.49. The Kier molecular flexibility index (Phi) is 6.28. The Morgan fingerprint density at radius 3 is 2.08 bits per heavy atom. The van der Waals surface area contributed by atoms with Crippen LogP contribution in [0.15, 0.2) is 54.6 Å². The molecule has 2 N–H and O–H groups in total. The fourth-order valence-electron chi connectivity index (χ4n) is 2.04. The van der Waals surface area contributed by atoms with Crippen molar-refractivity contribution in [3.05, 3.63) is 71.3 Å². The molecule has 0 atom stereocenters. The predicted molar refractivity (Wildman–Crippen MR) is 90.2 cm³/mol. The molecule has 2 rings (SSSR count). The zero-order valence-corrected chi connectivity index (χ0v) is 13.0. The molecule has 5 nitrogen and oxygen atoms in total. The van der Waals surface area contributed by atoms with Crippen LogP contribution in [0.5, 0.6) is 5.75 Å². The molecule has 0 aliphatic heterocycles. The number of rotatable bonds is 8. The number of carbonyl (C=O) groups excluding carboxylic acids is 1. The summed E-state index contributed by atoms with van der Waals surface area (Å²) in [7, 11) is 0. The second kappa shape index (κ2) is 8.64. The van der Waals surface area contributed by atoms with Crippen molar-refractivity contribution < 1.29 is 24.5 Å². The Morgan fingerprint density at radius 2 is 1.54 bits per heavy atom. The summed E-state index contributed by atoms with van der Waals surface area (Å²) in [5, 5.41) is 17.3. The van der Waals surface area contributed by atoms with E-state index < -0.39 is 5.97 Å². The van der Waals surface area contributed by atoms with Crippen LogP contribution in [0.3, 0.4) is 0 Å². The third-order valence-corrected chi connectivity index (χ3v) is 3.28. The highest BCUT2D eigenvalue weighted by atomic mass is 16.5. The first-order valence-electron chi connectivity index (χ1n) is 7.49. The van der Waals surface area contributed by atoms with Crippen LogP contribution in [0.25, 0.3) is 6.08 Å². The van der Waals surface area contributed by atoms with Gasteiger partial charge in [-0.3, -0.25) is 4.79 Å². The van der Waals surface area contributed by atoms with E-state index >= 15 is 0 Å². The summed E-state index contributed by atoms with van der Waals surface area (Å²) in [5.41, 5.74) is 1.77. The fourth-order valence-corrected chi connectivity index (χ4v) is 2.04. The lowest BCUT2D eigenvalue weighted by Crippen LogP contribution is -2.02. The SMILES string of the molecule is O=C(O)C=Cc1ccc(C(=O)c2ccc(OCCCO)cc2)cc1. The van der Waals surface area contributed by atoms with Crippen molar-refractivity contribution in [2.75, 3.05) is 13.2 Å². The second-order valence-corrected chi connectivity index (χ2v) is 5.07. The lowest BCUT2D eigenvalue weighted by atomic mass is 10.0. The van der Waals surface area contributed by atoms with Gasteiger partial charge in [0.25, 0.3) is 0 Å². The molecule has 24 heavy (non-hydrogen) atoms. The number of hydrogen-bond acceptors (Lipinski definition) is 4. The van der Waals surface area contributed by atoms with Crippen molar-refractivity contribution in [2.45, 2.75) is 6.42 Å². The lowest BCUT2D eigenvalue weighted by molar-refractivity contribution is -0.131. The molecule has 0 aliphatic rings. The summed E-state index contributed by atoms with van der Waals surface area (Å²) in [6.07, 6.45) is 3.07. The molecule has 2 aromatic rings. The van der Waals surface area contributed by atoms with Gasteiger partial charge in [0.15, 0.2) is 5.78 Å². The van der Waals surface area contributed by atoms with Crippen molar-refractivity contribution in [1.29, 1.82) is 0 Å². The average molecular weight is 326 g/mol. The summed E-state index contributed by atoms with van der Waals surface area (Å²) >= 11 is 0. The highest BCUT2D eigenvalue weighted by molar-refractivity contribution is 6.09. The fraction of sp³-hybridized carbons (Fsp3) is 0.158. The van der Waals surface area contributed by atoms with Gasteiger partial charge in [-0.1, -0.05) is 24.3 Å². The van der Waals surface area contributed by atoms with Crippen LogP contribution in [0.1, 0.15) is 27.9 Å². The van der Waals surface area contributed by atoms with E-state index in [2.05, 4.69) is 0 Å². The maximum absolute atomic E-state index is 12.4. The molecule has 0 aliphatic carbocycles. The van der Waals surface area contributed by atoms with E-state index in [9.17, 15) is 9.59 Å². The monoisotopic (exact) mass is 326 g/mol. The Morgan fingerprint density at radius 1 is 0.958 bits per heavy atom. The van der Waals surface area contributed by atoms with Gasteiger partial charge in [-0.2, -0.15) is 0 Å². The van der Waals surface area contributed by atoms with Gasteiger partial charge in [-0.25, -0.2) is 4.79 Å². The number of hydrogen-bond donors (Lipinski definition) is 2. The van der Waals surface area contributed by atoms with Crippen LogP contribution in [-0.2, 0) is 4.79 Å². The van der Waals surface area contributed by atoms with E-state index in [4.69, 9.17) is 14.9 Å². The van der Waals surface area contributed by atoms with Crippen LogP contribution in [0, 0.1) is 0 Å². The number of ether oxygens (including phenoxy) is 1. The third-order valence-electron chi connectivity index (χ3n) is 3.28. The summed E-state index contributed by atoms with van der Waals surface area (Å²) in [6, 6.07) is 13.5. The van der Waals surface area contributed by atoms with Crippen molar-refractivity contribution in [3.63, 3.8) is 0 Å². The number of carboxylic acids is 1. The first-order chi connectivity index (χ1) is 11.6. The molecule has 0 heterocycles. The van der Waals surface area contributed by atoms with Gasteiger partial charge >= 0.3 is 5.97 Å². The van der Waals surface area contributed by atoms with E-state index in [1.807, 2.05) is 0 Å². The first kappa shape index (κ1) is 17.4. The highest BCUT2D eigenvalue weighted by Crippen LogP contribution is 2.16. The second-order valence-electron chi connectivity index (χ2n) is 5.07. The van der Waals surface area contributed by atoms with E-state index in [0.29, 0.717) is 35.5 Å². The molecule has 0 saturated carbocycles. The summed E-state index contributed by atoms with van der Waals surface area (Å²) in [6.45, 7) is 0.503. The van der Waals surface area contributed by atoms with Crippen LogP contribution in [0.4, 0.5) is 0 Å². The van der Waals surface area contributed by atoms with Crippen molar-refractivity contribution in [2.24, 2.45) is 0 Å². The number of carbonyl (C=O) groups is 2. The van der Waals surface area contributed by atoms with E-state index in [1.54, 1.807) is 48.5 Å². The molecular weight excluding hydrogens is 308 g/mol. The Labute approximate surface area is 139 Å². The molecule has 0 spiro atoms. The van der Waals surface area contributed by atoms with E-state index in [-0.39, 0.29) is 12.4 Å². The Balaban J connectivity index is 2.04. The zero-order chi connectivity index (χ0) is 17.4. The largest absolute Gasteiger partial charge is 0.494 e. The van der Waals surface area contributed by atoms with Crippen LogP contribution in [0.2, 0.25) is 0 Å². The molecule has 2 aromatic carbocycles. The number of aliphatic hydroxyl groups is 1. The van der Waals surface area contributed by atoms with Gasteiger partial charge in [0.1, 0.15) is 5.75 Å². The van der Waals surface area contributed by atoms with Crippen LogP contribution < -0.4 is 4.74 Å². The van der Waals surface area contributed by atoms with Gasteiger partial charge in [-0.05, 0) is 35.9 Å². The van der Waals surface area contributed by atoms with Gasteiger partial charge in [0.2, 0.25) is 0 Å². The normalized spacial score (nSPS) is 10.7.